The number of sulfone groups is 1. The zero-order valence-corrected chi connectivity index (χ0v) is 20.5. The first-order valence-corrected chi connectivity index (χ1v) is 12.9. The monoisotopic (exact) mass is 488 g/mol. The Kier molecular flexibility index (Phi) is 6.98. The van der Waals surface area contributed by atoms with Gasteiger partial charge < -0.3 is 20.9 Å². The van der Waals surface area contributed by atoms with Crippen LogP contribution in [0.1, 0.15) is 25.0 Å². The van der Waals surface area contributed by atoms with E-state index in [-0.39, 0.29) is 9.79 Å². The van der Waals surface area contributed by atoms with Crippen LogP contribution < -0.4 is 20.9 Å². The standard InChI is InChI=1S/C28H28N2O4S/c1-3-19-17-23(9-15-27(19)29)33-21-5-11-25(12-6-21)35(31,32)26-13-7-22(8-14-26)34-24-10-16-28(30)20(4-2)18-24/h5-18H,3-4,29-30H2,1-2H3. The fraction of sp³-hybridized carbons (Fsp3) is 0.143. The summed E-state index contributed by atoms with van der Waals surface area (Å²) in [6.07, 6.45) is 1.59. The average Bonchev–Trinajstić information content (AvgIpc) is 2.87. The lowest BCUT2D eigenvalue weighted by Gasteiger charge is -2.11. The molecule has 0 amide bonds. The molecule has 0 aromatic heterocycles. The highest BCUT2D eigenvalue weighted by molar-refractivity contribution is 7.91. The highest BCUT2D eigenvalue weighted by Crippen LogP contribution is 2.30. The van der Waals surface area contributed by atoms with Crippen molar-refractivity contribution in [2.45, 2.75) is 36.5 Å². The summed E-state index contributed by atoms with van der Waals surface area (Å²) in [5.41, 5.74) is 15.3. The van der Waals surface area contributed by atoms with Crippen molar-refractivity contribution >= 4 is 21.2 Å². The van der Waals surface area contributed by atoms with Gasteiger partial charge in [-0.1, -0.05) is 13.8 Å². The van der Waals surface area contributed by atoms with Crippen LogP contribution in [-0.4, -0.2) is 8.42 Å². The van der Waals surface area contributed by atoms with Crippen molar-refractivity contribution in [3.8, 4) is 23.0 Å². The van der Waals surface area contributed by atoms with E-state index in [0.717, 1.165) is 35.3 Å². The Balaban J connectivity index is 1.48. The molecule has 4 aromatic rings. The van der Waals surface area contributed by atoms with Crippen LogP contribution in [0.25, 0.3) is 0 Å². The van der Waals surface area contributed by atoms with Crippen LogP contribution in [0.15, 0.2) is 94.7 Å². The number of hydrogen-bond acceptors (Lipinski definition) is 6. The summed E-state index contributed by atoms with van der Waals surface area (Å²) in [5.74, 6) is 2.37. The molecule has 6 nitrogen and oxygen atoms in total. The lowest BCUT2D eigenvalue weighted by Crippen LogP contribution is -2.02. The highest BCUT2D eigenvalue weighted by Gasteiger charge is 2.18. The van der Waals surface area contributed by atoms with Crippen LogP contribution in [0.3, 0.4) is 0 Å². The molecule has 4 aromatic carbocycles. The smallest absolute Gasteiger partial charge is 0.206 e. The Labute approximate surface area is 206 Å². The van der Waals surface area contributed by atoms with Crippen LogP contribution in [0.4, 0.5) is 11.4 Å². The first-order valence-electron chi connectivity index (χ1n) is 11.4. The summed E-state index contributed by atoms with van der Waals surface area (Å²) >= 11 is 0. The molecule has 0 fully saturated rings. The first-order chi connectivity index (χ1) is 16.8. The molecule has 0 radical (unpaired) electrons. The van der Waals surface area contributed by atoms with E-state index in [1.807, 2.05) is 26.0 Å². The molecule has 180 valence electrons. The quantitative estimate of drug-likeness (QED) is 0.278. The third kappa shape index (κ3) is 5.41. The van der Waals surface area contributed by atoms with Crippen molar-refractivity contribution in [1.82, 2.24) is 0 Å². The van der Waals surface area contributed by atoms with E-state index in [0.29, 0.717) is 23.0 Å². The number of rotatable bonds is 8. The molecule has 0 aliphatic rings. The predicted octanol–water partition coefficient (Wildman–Crippen LogP) is 6.39. The molecular formula is C28H28N2O4S. The minimum absolute atomic E-state index is 0.177. The Hall–Kier alpha value is -3.97. The number of hydrogen-bond donors (Lipinski definition) is 2. The first kappa shape index (κ1) is 24.2. The maximum Gasteiger partial charge on any atom is 0.206 e. The van der Waals surface area contributed by atoms with Crippen molar-refractivity contribution in [3.63, 3.8) is 0 Å². The summed E-state index contributed by atoms with van der Waals surface area (Å²) < 4.78 is 38.0. The van der Waals surface area contributed by atoms with Crippen molar-refractivity contribution in [1.29, 1.82) is 0 Å². The number of ether oxygens (including phenoxy) is 2. The van der Waals surface area contributed by atoms with E-state index < -0.39 is 9.84 Å². The normalized spacial score (nSPS) is 11.3. The molecule has 0 saturated carbocycles. The molecule has 0 heterocycles. The van der Waals surface area contributed by atoms with Crippen LogP contribution in [-0.2, 0) is 22.7 Å². The molecule has 0 spiro atoms. The van der Waals surface area contributed by atoms with E-state index in [4.69, 9.17) is 20.9 Å². The molecule has 0 bridgehead atoms. The summed E-state index contributed by atoms with van der Waals surface area (Å²) in [4.78, 5) is 0.354. The zero-order valence-electron chi connectivity index (χ0n) is 19.7. The number of benzene rings is 4. The van der Waals surface area contributed by atoms with Gasteiger partial charge in [-0.2, -0.15) is 0 Å². The Morgan fingerprint density at radius 3 is 1.26 bits per heavy atom. The van der Waals surface area contributed by atoms with Crippen LogP contribution in [0, 0.1) is 0 Å². The molecular weight excluding hydrogens is 460 g/mol. The Morgan fingerprint density at radius 2 is 0.914 bits per heavy atom. The van der Waals surface area contributed by atoms with Gasteiger partial charge in [0.2, 0.25) is 9.84 Å². The fourth-order valence-corrected chi connectivity index (χ4v) is 4.95. The SMILES string of the molecule is CCc1cc(Oc2ccc(S(=O)(=O)c3ccc(Oc4ccc(N)c(CC)c4)cc3)cc2)ccc1N. The van der Waals surface area contributed by atoms with E-state index >= 15 is 0 Å². The lowest BCUT2D eigenvalue weighted by molar-refractivity contribution is 0.481. The van der Waals surface area contributed by atoms with Gasteiger partial charge in [0.15, 0.2) is 0 Å². The highest BCUT2D eigenvalue weighted by atomic mass is 32.2. The second-order valence-corrected chi connectivity index (χ2v) is 10.0. The fourth-order valence-electron chi connectivity index (χ4n) is 3.69. The maximum atomic E-state index is 13.1. The molecule has 0 saturated heterocycles. The summed E-state index contributed by atoms with van der Waals surface area (Å²) in [7, 11) is -3.69. The van der Waals surface area contributed by atoms with Crippen LogP contribution in [0.2, 0.25) is 0 Å². The molecule has 0 atom stereocenters. The van der Waals surface area contributed by atoms with Gasteiger partial charge in [-0.25, -0.2) is 8.42 Å². The number of nitrogens with two attached hydrogens (primary N) is 2. The predicted molar refractivity (Wildman–Crippen MR) is 139 cm³/mol. The van der Waals surface area contributed by atoms with Gasteiger partial charge in [0.05, 0.1) is 9.79 Å². The topological polar surface area (TPSA) is 105 Å². The number of nitrogen functional groups attached to an aromatic ring is 2. The molecule has 4 rings (SSSR count). The van der Waals surface area contributed by atoms with E-state index in [9.17, 15) is 8.42 Å². The summed E-state index contributed by atoms with van der Waals surface area (Å²) in [6.45, 7) is 4.04. The van der Waals surface area contributed by atoms with Gasteiger partial charge in [0.1, 0.15) is 23.0 Å². The van der Waals surface area contributed by atoms with E-state index in [2.05, 4.69) is 0 Å². The lowest BCUT2D eigenvalue weighted by atomic mass is 10.1. The third-order valence-electron chi connectivity index (χ3n) is 5.73. The van der Waals surface area contributed by atoms with E-state index in [1.54, 1.807) is 48.5 Å². The van der Waals surface area contributed by atoms with Crippen molar-refractivity contribution < 1.29 is 17.9 Å². The van der Waals surface area contributed by atoms with Crippen molar-refractivity contribution in [3.05, 3.63) is 96.1 Å². The van der Waals surface area contributed by atoms with Gasteiger partial charge in [0, 0.05) is 11.4 Å². The van der Waals surface area contributed by atoms with Crippen molar-refractivity contribution in [2.24, 2.45) is 0 Å². The van der Waals surface area contributed by atoms with Crippen LogP contribution >= 0.6 is 0 Å². The molecule has 0 aliphatic heterocycles. The van der Waals surface area contributed by atoms with Gasteiger partial charge in [-0.05, 0) is 109 Å². The Morgan fingerprint density at radius 1 is 0.571 bits per heavy atom. The van der Waals surface area contributed by atoms with Gasteiger partial charge in [-0.3, -0.25) is 0 Å². The number of anilines is 2. The van der Waals surface area contributed by atoms with Gasteiger partial charge in [-0.15, -0.1) is 0 Å². The van der Waals surface area contributed by atoms with Crippen LogP contribution in [0.5, 0.6) is 23.0 Å². The van der Waals surface area contributed by atoms with E-state index in [1.165, 1.54) is 24.3 Å². The second kappa shape index (κ2) is 10.1. The number of aryl methyl sites for hydroxylation is 2. The third-order valence-corrected chi connectivity index (χ3v) is 7.52. The molecule has 0 aliphatic carbocycles. The molecule has 0 unspecified atom stereocenters. The second-order valence-electron chi connectivity index (χ2n) is 8.08. The average molecular weight is 489 g/mol. The van der Waals surface area contributed by atoms with Gasteiger partial charge >= 0.3 is 0 Å². The van der Waals surface area contributed by atoms with Crippen molar-refractivity contribution in [2.75, 3.05) is 11.5 Å². The van der Waals surface area contributed by atoms with Gasteiger partial charge in [0.25, 0.3) is 0 Å². The minimum Gasteiger partial charge on any atom is -0.457 e. The molecule has 35 heavy (non-hydrogen) atoms. The largest absolute Gasteiger partial charge is 0.457 e. The summed E-state index contributed by atoms with van der Waals surface area (Å²) in [5, 5.41) is 0. The maximum absolute atomic E-state index is 13.1. The molecule has 4 N–H and O–H groups in total. The summed E-state index contributed by atoms with van der Waals surface area (Å²) in [6, 6.07) is 23.6. The Bertz CT molecular complexity index is 1330. The molecule has 7 heteroatoms. The zero-order chi connectivity index (χ0) is 25.0. The minimum atomic E-state index is -3.69.